The van der Waals surface area contributed by atoms with Gasteiger partial charge in [0.25, 0.3) is 5.69 Å². The number of nitrogens with zero attached hydrogens (tertiary/aromatic N) is 2. The van der Waals surface area contributed by atoms with Gasteiger partial charge < -0.3 is 4.74 Å². The van der Waals surface area contributed by atoms with Gasteiger partial charge in [-0.25, -0.2) is 8.42 Å². The third kappa shape index (κ3) is 3.35. The smallest absolute Gasteiger partial charge is 0.289 e. The van der Waals surface area contributed by atoms with Gasteiger partial charge in [-0.15, -0.1) is 0 Å². The minimum absolute atomic E-state index is 0.0587. The topological polar surface area (TPSA) is 89.8 Å². The molecule has 0 aromatic heterocycles. The van der Waals surface area contributed by atoms with Crippen LogP contribution in [-0.2, 0) is 10.0 Å². The standard InChI is InChI=1S/C17H18N2O5S/c1-24-15-8-6-13(7-9-15)14-10-11-18(12-14)25(22,23)17-5-3-2-4-16(17)19(20)21/h2-9,14H,10-12H2,1H3. The summed E-state index contributed by atoms with van der Waals surface area (Å²) in [5.41, 5.74) is 0.636. The summed E-state index contributed by atoms with van der Waals surface area (Å²) in [7, 11) is -2.31. The number of sulfonamides is 1. The average Bonchev–Trinajstić information content (AvgIpc) is 3.12. The third-order valence-corrected chi connectivity index (χ3v) is 6.33. The highest BCUT2D eigenvalue weighted by Gasteiger charge is 2.36. The van der Waals surface area contributed by atoms with Gasteiger partial charge in [0.2, 0.25) is 10.0 Å². The van der Waals surface area contributed by atoms with Crippen LogP contribution in [0.3, 0.4) is 0 Å². The Bertz CT molecular complexity index is 880. The van der Waals surface area contributed by atoms with Crippen LogP contribution in [0.15, 0.2) is 53.4 Å². The van der Waals surface area contributed by atoms with Crippen molar-refractivity contribution in [1.82, 2.24) is 4.31 Å². The van der Waals surface area contributed by atoms with Crippen LogP contribution in [-0.4, -0.2) is 37.8 Å². The molecule has 1 aliphatic heterocycles. The first-order valence-corrected chi connectivity index (χ1v) is 9.25. The van der Waals surface area contributed by atoms with E-state index in [0.717, 1.165) is 11.3 Å². The minimum atomic E-state index is -3.90. The van der Waals surface area contributed by atoms with Crippen molar-refractivity contribution < 1.29 is 18.1 Å². The second-order valence-electron chi connectivity index (χ2n) is 5.85. The van der Waals surface area contributed by atoms with Crippen LogP contribution in [0, 0.1) is 10.1 Å². The zero-order valence-corrected chi connectivity index (χ0v) is 14.5. The first-order valence-electron chi connectivity index (χ1n) is 7.81. The van der Waals surface area contributed by atoms with E-state index in [-0.39, 0.29) is 10.8 Å². The van der Waals surface area contributed by atoms with Crippen molar-refractivity contribution in [2.45, 2.75) is 17.2 Å². The van der Waals surface area contributed by atoms with Crippen molar-refractivity contribution in [2.24, 2.45) is 0 Å². The molecule has 8 heteroatoms. The molecule has 1 heterocycles. The van der Waals surface area contributed by atoms with Gasteiger partial charge in [-0.05, 0) is 36.1 Å². The molecule has 0 N–H and O–H groups in total. The molecule has 1 fully saturated rings. The molecule has 3 rings (SSSR count). The van der Waals surface area contributed by atoms with Gasteiger partial charge in [-0.2, -0.15) is 4.31 Å². The summed E-state index contributed by atoms with van der Waals surface area (Å²) in [4.78, 5) is 10.2. The van der Waals surface area contributed by atoms with E-state index >= 15 is 0 Å². The number of methoxy groups -OCH3 is 1. The highest BCUT2D eigenvalue weighted by Crippen LogP contribution is 2.34. The molecule has 0 aliphatic carbocycles. The van der Waals surface area contributed by atoms with E-state index in [1.165, 1.54) is 28.6 Å². The Hall–Kier alpha value is -2.45. The Labute approximate surface area is 146 Å². The summed E-state index contributed by atoms with van der Waals surface area (Å²) in [6, 6.07) is 13.0. The third-order valence-electron chi connectivity index (χ3n) is 4.42. The van der Waals surface area contributed by atoms with E-state index in [2.05, 4.69) is 0 Å². The van der Waals surface area contributed by atoms with E-state index in [0.29, 0.717) is 19.5 Å². The molecule has 2 aromatic rings. The lowest BCUT2D eigenvalue weighted by Gasteiger charge is -2.17. The minimum Gasteiger partial charge on any atom is -0.497 e. The Balaban J connectivity index is 1.84. The Morgan fingerprint density at radius 2 is 1.84 bits per heavy atom. The van der Waals surface area contributed by atoms with Crippen molar-refractivity contribution in [1.29, 1.82) is 0 Å². The Morgan fingerprint density at radius 1 is 1.16 bits per heavy atom. The number of hydrogen-bond donors (Lipinski definition) is 0. The summed E-state index contributed by atoms with van der Waals surface area (Å²) in [5.74, 6) is 0.801. The van der Waals surface area contributed by atoms with Crippen molar-refractivity contribution >= 4 is 15.7 Å². The molecular formula is C17H18N2O5S. The van der Waals surface area contributed by atoms with Gasteiger partial charge in [0, 0.05) is 19.2 Å². The van der Waals surface area contributed by atoms with Crippen molar-refractivity contribution in [3.05, 3.63) is 64.2 Å². The molecule has 132 valence electrons. The number of nitro groups is 1. The van der Waals surface area contributed by atoms with Gasteiger partial charge in [0.15, 0.2) is 4.90 Å². The molecule has 0 spiro atoms. The SMILES string of the molecule is COc1ccc(C2CCN(S(=O)(=O)c3ccccc3[N+](=O)[O-])C2)cc1. The molecule has 1 saturated heterocycles. The van der Waals surface area contributed by atoms with Crippen LogP contribution in [0.25, 0.3) is 0 Å². The maximum Gasteiger partial charge on any atom is 0.289 e. The van der Waals surface area contributed by atoms with Crippen LogP contribution in [0.1, 0.15) is 17.9 Å². The second kappa shape index (κ2) is 6.81. The van der Waals surface area contributed by atoms with Crippen LogP contribution in [0.5, 0.6) is 5.75 Å². The fourth-order valence-corrected chi connectivity index (χ4v) is 4.72. The highest BCUT2D eigenvalue weighted by molar-refractivity contribution is 7.89. The lowest BCUT2D eigenvalue weighted by molar-refractivity contribution is -0.387. The first-order chi connectivity index (χ1) is 11.9. The molecule has 7 nitrogen and oxygen atoms in total. The number of para-hydroxylation sites is 1. The molecule has 25 heavy (non-hydrogen) atoms. The quantitative estimate of drug-likeness (QED) is 0.603. The molecular weight excluding hydrogens is 344 g/mol. The number of benzene rings is 2. The van der Waals surface area contributed by atoms with E-state index in [1.54, 1.807) is 7.11 Å². The van der Waals surface area contributed by atoms with Gasteiger partial charge >= 0.3 is 0 Å². The fourth-order valence-electron chi connectivity index (χ4n) is 3.06. The predicted octanol–water partition coefficient (Wildman–Crippen LogP) is 2.78. The molecule has 1 atom stereocenters. The number of rotatable bonds is 5. The van der Waals surface area contributed by atoms with Gasteiger partial charge in [0.1, 0.15) is 5.75 Å². The number of nitro benzene ring substituents is 1. The molecule has 1 aliphatic rings. The highest BCUT2D eigenvalue weighted by atomic mass is 32.2. The summed E-state index contributed by atoms with van der Waals surface area (Å²) >= 11 is 0. The second-order valence-corrected chi connectivity index (χ2v) is 7.75. The van der Waals surface area contributed by atoms with Crippen LogP contribution in [0.2, 0.25) is 0 Å². The van der Waals surface area contributed by atoms with Crippen molar-refractivity contribution in [2.75, 3.05) is 20.2 Å². The maximum absolute atomic E-state index is 12.8. The molecule has 2 aromatic carbocycles. The van der Waals surface area contributed by atoms with Crippen LogP contribution >= 0.6 is 0 Å². The summed E-state index contributed by atoms with van der Waals surface area (Å²) in [5, 5.41) is 11.1. The monoisotopic (exact) mass is 362 g/mol. The average molecular weight is 362 g/mol. The summed E-state index contributed by atoms with van der Waals surface area (Å²) in [6.07, 6.45) is 0.673. The zero-order valence-electron chi connectivity index (χ0n) is 13.7. The fraction of sp³-hybridized carbons (Fsp3) is 0.294. The number of hydrogen-bond acceptors (Lipinski definition) is 5. The van der Waals surface area contributed by atoms with E-state index in [4.69, 9.17) is 4.74 Å². The van der Waals surface area contributed by atoms with Gasteiger partial charge in [0.05, 0.1) is 12.0 Å². The molecule has 0 amide bonds. The molecule has 1 unspecified atom stereocenters. The van der Waals surface area contributed by atoms with Crippen molar-refractivity contribution in [3.63, 3.8) is 0 Å². The normalized spacial score (nSPS) is 18.2. The van der Waals surface area contributed by atoms with Gasteiger partial charge in [-0.3, -0.25) is 10.1 Å². The van der Waals surface area contributed by atoms with Gasteiger partial charge in [-0.1, -0.05) is 24.3 Å². The van der Waals surface area contributed by atoms with E-state index in [9.17, 15) is 18.5 Å². The predicted molar refractivity (Wildman–Crippen MR) is 92.2 cm³/mol. The summed E-state index contributed by atoms with van der Waals surface area (Å²) < 4.78 is 32.1. The maximum atomic E-state index is 12.8. The first kappa shape index (κ1) is 17.4. The Morgan fingerprint density at radius 3 is 2.48 bits per heavy atom. The van der Waals surface area contributed by atoms with E-state index in [1.807, 2.05) is 24.3 Å². The zero-order chi connectivity index (χ0) is 18.0. The lowest BCUT2D eigenvalue weighted by atomic mass is 9.99. The summed E-state index contributed by atoms with van der Waals surface area (Å²) in [6.45, 7) is 0.645. The molecule has 0 radical (unpaired) electrons. The number of ether oxygens (including phenoxy) is 1. The van der Waals surface area contributed by atoms with Crippen LogP contribution in [0.4, 0.5) is 5.69 Å². The molecule has 0 saturated carbocycles. The van der Waals surface area contributed by atoms with Crippen molar-refractivity contribution in [3.8, 4) is 5.75 Å². The Kier molecular flexibility index (Phi) is 4.73. The molecule has 0 bridgehead atoms. The van der Waals surface area contributed by atoms with Crippen LogP contribution < -0.4 is 4.74 Å². The largest absolute Gasteiger partial charge is 0.497 e. The lowest BCUT2D eigenvalue weighted by Crippen LogP contribution is -2.29. The van der Waals surface area contributed by atoms with E-state index < -0.39 is 20.6 Å².